The van der Waals surface area contributed by atoms with Gasteiger partial charge in [-0.2, -0.15) is 9.40 Å². The van der Waals surface area contributed by atoms with Gasteiger partial charge in [0, 0.05) is 13.6 Å². The lowest BCUT2D eigenvalue weighted by molar-refractivity contribution is -0.139. The second kappa shape index (κ2) is 4.21. The molecular formula is C10H13N3O4S. The third-order valence-electron chi connectivity index (χ3n) is 2.70. The second-order valence-electron chi connectivity index (χ2n) is 4.03. The van der Waals surface area contributed by atoms with Crippen LogP contribution in [0.25, 0.3) is 0 Å². The number of rotatable bonds is 3. The highest BCUT2D eigenvalue weighted by Crippen LogP contribution is 2.22. The molecule has 1 aromatic heterocycles. The molecule has 2 rings (SSSR count). The molecule has 0 radical (unpaired) electrons. The molecule has 1 aromatic rings. The van der Waals surface area contributed by atoms with Crippen molar-refractivity contribution in [1.82, 2.24) is 14.1 Å². The Morgan fingerprint density at radius 3 is 2.72 bits per heavy atom. The highest BCUT2D eigenvalue weighted by molar-refractivity contribution is 7.89. The minimum absolute atomic E-state index is 0.00468. The van der Waals surface area contributed by atoms with Gasteiger partial charge in [0.25, 0.3) is 10.0 Å². The number of carboxylic acids is 1. The van der Waals surface area contributed by atoms with Gasteiger partial charge in [0.15, 0.2) is 5.03 Å². The fourth-order valence-electron chi connectivity index (χ4n) is 1.90. The third kappa shape index (κ3) is 1.93. The lowest BCUT2D eigenvalue weighted by Gasteiger charge is -2.20. The zero-order valence-electron chi connectivity index (χ0n) is 9.94. The molecule has 1 unspecified atom stereocenters. The van der Waals surface area contributed by atoms with Crippen molar-refractivity contribution in [1.29, 1.82) is 0 Å². The van der Waals surface area contributed by atoms with Gasteiger partial charge < -0.3 is 5.11 Å². The summed E-state index contributed by atoms with van der Waals surface area (Å²) in [6.45, 7) is 1.74. The quantitative estimate of drug-likeness (QED) is 0.765. The van der Waals surface area contributed by atoms with E-state index in [1.54, 1.807) is 6.92 Å². The zero-order chi connectivity index (χ0) is 13.5. The monoisotopic (exact) mass is 271 g/mol. The van der Waals surface area contributed by atoms with Crippen molar-refractivity contribution in [2.45, 2.75) is 18.0 Å². The van der Waals surface area contributed by atoms with E-state index >= 15 is 0 Å². The average molecular weight is 271 g/mol. The van der Waals surface area contributed by atoms with Crippen LogP contribution in [-0.4, -0.2) is 46.2 Å². The van der Waals surface area contributed by atoms with Gasteiger partial charge in [0.2, 0.25) is 0 Å². The third-order valence-corrected chi connectivity index (χ3v) is 4.60. The number of sulfonamides is 1. The van der Waals surface area contributed by atoms with Gasteiger partial charge in [-0.15, -0.1) is 0 Å². The standard InChI is InChI=1S/C10H13N3O4S/c1-7-6-9(12(2)11-7)18(16,17)13-5-3-4-8(13)10(14)15/h3-4,6,8H,5H2,1-2H3,(H,14,15). The Morgan fingerprint density at radius 2 is 2.22 bits per heavy atom. The maximum Gasteiger partial charge on any atom is 0.326 e. The van der Waals surface area contributed by atoms with Crippen LogP contribution in [0, 0.1) is 6.92 Å². The normalized spacial score (nSPS) is 20.4. The molecule has 1 aliphatic rings. The van der Waals surface area contributed by atoms with Gasteiger partial charge in [0.05, 0.1) is 5.69 Å². The van der Waals surface area contributed by atoms with E-state index in [0.29, 0.717) is 5.69 Å². The van der Waals surface area contributed by atoms with Gasteiger partial charge >= 0.3 is 5.97 Å². The highest BCUT2D eigenvalue weighted by atomic mass is 32.2. The Hall–Kier alpha value is -1.67. The number of aromatic nitrogens is 2. The van der Waals surface area contributed by atoms with Gasteiger partial charge in [-0.3, -0.25) is 9.48 Å². The summed E-state index contributed by atoms with van der Waals surface area (Å²) in [6, 6.07) is 0.275. The van der Waals surface area contributed by atoms with Crippen molar-refractivity contribution < 1.29 is 18.3 Å². The van der Waals surface area contributed by atoms with E-state index < -0.39 is 22.0 Å². The SMILES string of the molecule is Cc1cc(S(=O)(=O)N2CC=CC2C(=O)O)n(C)n1. The topological polar surface area (TPSA) is 92.5 Å². The molecule has 18 heavy (non-hydrogen) atoms. The Labute approximate surface area is 104 Å². The van der Waals surface area contributed by atoms with Crippen LogP contribution in [0.4, 0.5) is 0 Å². The molecule has 0 aliphatic carbocycles. The molecule has 0 saturated carbocycles. The summed E-state index contributed by atoms with van der Waals surface area (Å²) in [5.41, 5.74) is 0.565. The maximum absolute atomic E-state index is 12.3. The van der Waals surface area contributed by atoms with E-state index in [-0.39, 0.29) is 11.6 Å². The number of hydrogen-bond acceptors (Lipinski definition) is 4. The molecule has 7 nitrogen and oxygen atoms in total. The van der Waals surface area contributed by atoms with Crippen LogP contribution in [0.3, 0.4) is 0 Å². The van der Waals surface area contributed by atoms with Crippen molar-refractivity contribution in [2.75, 3.05) is 6.54 Å². The molecule has 1 aliphatic heterocycles. The summed E-state index contributed by atoms with van der Waals surface area (Å²) < 4.78 is 26.9. The first kappa shape index (κ1) is 12.8. The molecule has 0 fully saturated rings. The predicted octanol–water partition coefficient (Wildman–Crippen LogP) is -0.258. The highest BCUT2D eigenvalue weighted by Gasteiger charge is 2.38. The molecular weight excluding hydrogens is 258 g/mol. The second-order valence-corrected chi connectivity index (χ2v) is 5.87. The average Bonchev–Trinajstić information content (AvgIpc) is 2.84. The lowest BCUT2D eigenvalue weighted by Crippen LogP contribution is -2.41. The minimum atomic E-state index is -3.85. The van der Waals surface area contributed by atoms with Crippen LogP contribution in [0.5, 0.6) is 0 Å². The van der Waals surface area contributed by atoms with E-state index in [1.807, 2.05) is 0 Å². The molecule has 0 saturated heterocycles. The predicted molar refractivity (Wildman–Crippen MR) is 62.4 cm³/mol. The fraction of sp³-hybridized carbons (Fsp3) is 0.400. The van der Waals surface area contributed by atoms with Crippen LogP contribution >= 0.6 is 0 Å². The summed E-state index contributed by atoms with van der Waals surface area (Å²) >= 11 is 0. The van der Waals surface area contributed by atoms with E-state index in [9.17, 15) is 13.2 Å². The van der Waals surface area contributed by atoms with E-state index in [0.717, 1.165) is 4.31 Å². The van der Waals surface area contributed by atoms with Crippen molar-refractivity contribution >= 4 is 16.0 Å². The maximum atomic E-state index is 12.3. The van der Waals surface area contributed by atoms with Crippen LogP contribution < -0.4 is 0 Å². The van der Waals surface area contributed by atoms with E-state index in [2.05, 4.69) is 5.10 Å². The number of carboxylic acid groups (broad SMARTS) is 1. The first-order valence-electron chi connectivity index (χ1n) is 5.26. The van der Waals surface area contributed by atoms with Gasteiger partial charge in [-0.25, -0.2) is 8.42 Å². The molecule has 0 spiro atoms. The van der Waals surface area contributed by atoms with Crippen molar-refractivity contribution in [2.24, 2.45) is 7.05 Å². The molecule has 2 heterocycles. The lowest BCUT2D eigenvalue weighted by atomic mass is 10.3. The van der Waals surface area contributed by atoms with Crippen molar-refractivity contribution in [3.05, 3.63) is 23.9 Å². The van der Waals surface area contributed by atoms with Gasteiger partial charge in [0.1, 0.15) is 6.04 Å². The summed E-state index contributed by atoms with van der Waals surface area (Å²) in [4.78, 5) is 11.0. The van der Waals surface area contributed by atoms with Gasteiger partial charge in [-0.05, 0) is 13.0 Å². The summed E-state index contributed by atoms with van der Waals surface area (Å²) in [5, 5.41) is 12.9. The van der Waals surface area contributed by atoms with Crippen LogP contribution in [0.2, 0.25) is 0 Å². The summed E-state index contributed by atoms with van der Waals surface area (Å²) in [5.74, 6) is -1.19. The van der Waals surface area contributed by atoms with Crippen molar-refractivity contribution in [3.63, 3.8) is 0 Å². The van der Waals surface area contributed by atoms with Gasteiger partial charge in [-0.1, -0.05) is 12.2 Å². The Kier molecular flexibility index (Phi) is 2.99. The number of aliphatic carboxylic acids is 1. The summed E-state index contributed by atoms with van der Waals surface area (Å²) in [7, 11) is -2.34. The molecule has 1 N–H and O–H groups in total. The molecule has 0 aromatic carbocycles. The fourth-order valence-corrected chi connectivity index (χ4v) is 3.58. The minimum Gasteiger partial charge on any atom is -0.480 e. The number of aryl methyl sites for hydroxylation is 2. The van der Waals surface area contributed by atoms with E-state index in [1.165, 1.54) is 29.9 Å². The van der Waals surface area contributed by atoms with Crippen LogP contribution in [0.1, 0.15) is 5.69 Å². The first-order chi connectivity index (χ1) is 8.34. The number of hydrogen-bond donors (Lipinski definition) is 1. The molecule has 0 amide bonds. The first-order valence-corrected chi connectivity index (χ1v) is 6.70. The van der Waals surface area contributed by atoms with Crippen LogP contribution in [-0.2, 0) is 21.9 Å². The molecule has 0 bridgehead atoms. The van der Waals surface area contributed by atoms with E-state index in [4.69, 9.17) is 5.11 Å². The number of carbonyl (C=O) groups is 1. The Morgan fingerprint density at radius 1 is 1.56 bits per heavy atom. The van der Waals surface area contributed by atoms with Crippen LogP contribution in [0.15, 0.2) is 23.2 Å². The molecule has 1 atom stereocenters. The smallest absolute Gasteiger partial charge is 0.326 e. The molecule has 8 heteroatoms. The Balaban J connectivity index is 2.44. The zero-order valence-corrected chi connectivity index (χ0v) is 10.8. The molecule has 98 valence electrons. The Bertz CT molecular complexity index is 617. The largest absolute Gasteiger partial charge is 0.480 e. The van der Waals surface area contributed by atoms with Crippen molar-refractivity contribution in [3.8, 4) is 0 Å². The number of nitrogens with zero attached hydrogens (tertiary/aromatic N) is 3. The summed E-state index contributed by atoms with van der Waals surface area (Å²) in [6.07, 6.45) is 2.89.